The van der Waals surface area contributed by atoms with Crippen molar-refractivity contribution in [3.63, 3.8) is 0 Å². The number of aromatic carboxylic acids is 1. The number of carbonyl (C=O) groups is 2. The van der Waals surface area contributed by atoms with E-state index in [0.717, 1.165) is 0 Å². The van der Waals surface area contributed by atoms with E-state index in [0.29, 0.717) is 5.75 Å². The Morgan fingerprint density at radius 1 is 1.29 bits per heavy atom. The first-order valence-electron chi connectivity index (χ1n) is 3.73. The fraction of sp³-hybridized carbons (Fsp3) is 0.111. The maximum Gasteiger partial charge on any atom is 0.335 e. The molecule has 5 heteroatoms. The second-order valence-electron chi connectivity index (χ2n) is 2.44. The Morgan fingerprint density at radius 2 is 1.86 bits per heavy atom. The van der Waals surface area contributed by atoms with Crippen LogP contribution in [0.25, 0.3) is 0 Å². The Labute approximate surface area is 88.6 Å². The Kier molecular flexibility index (Phi) is 3.64. The number of rotatable bonds is 3. The Balaban J connectivity index is 2.73. The fourth-order valence-electron chi connectivity index (χ4n) is 0.824. The monoisotopic (exact) mass is 258 g/mol. The summed E-state index contributed by atoms with van der Waals surface area (Å²) in [6.45, 7) is 0. The number of carboxylic acid groups (broad SMARTS) is 1. The summed E-state index contributed by atoms with van der Waals surface area (Å²) in [6.07, 6.45) is 0. The zero-order chi connectivity index (χ0) is 10.6. The molecule has 0 radical (unpaired) electrons. The Hall–Kier alpha value is -1.36. The molecule has 1 aromatic carbocycles. The van der Waals surface area contributed by atoms with Crippen LogP contribution in [-0.4, -0.2) is 22.4 Å². The highest BCUT2D eigenvalue weighted by Gasteiger charge is 2.04. The van der Waals surface area contributed by atoms with Crippen LogP contribution in [0, 0.1) is 0 Å². The largest absolute Gasteiger partial charge is 0.478 e. The van der Waals surface area contributed by atoms with Gasteiger partial charge in [0.2, 0.25) is 0 Å². The molecule has 1 rings (SSSR count). The van der Waals surface area contributed by atoms with Crippen molar-refractivity contribution in [3.8, 4) is 5.75 Å². The summed E-state index contributed by atoms with van der Waals surface area (Å²) in [4.78, 5) is 21.3. The van der Waals surface area contributed by atoms with Crippen molar-refractivity contribution in [3.05, 3.63) is 29.8 Å². The number of benzene rings is 1. The van der Waals surface area contributed by atoms with Gasteiger partial charge in [-0.3, -0.25) is 4.79 Å². The van der Waals surface area contributed by atoms with Crippen molar-refractivity contribution >= 4 is 27.9 Å². The van der Waals surface area contributed by atoms with E-state index >= 15 is 0 Å². The van der Waals surface area contributed by atoms with Crippen molar-refractivity contribution in [2.24, 2.45) is 0 Å². The van der Waals surface area contributed by atoms with E-state index in [1.807, 2.05) is 0 Å². The van der Waals surface area contributed by atoms with Crippen molar-refractivity contribution in [2.75, 3.05) is 5.33 Å². The molecule has 0 fully saturated rings. The number of halogens is 1. The predicted molar refractivity (Wildman–Crippen MR) is 52.8 cm³/mol. The van der Waals surface area contributed by atoms with E-state index in [9.17, 15) is 9.59 Å². The van der Waals surface area contributed by atoms with Crippen molar-refractivity contribution in [1.82, 2.24) is 0 Å². The first-order chi connectivity index (χ1) is 6.63. The normalized spacial score (nSPS) is 9.50. The maximum absolute atomic E-state index is 10.8. The van der Waals surface area contributed by atoms with E-state index in [1.165, 1.54) is 24.3 Å². The quantitative estimate of drug-likeness (QED) is 0.509. The third-order valence-corrected chi connectivity index (χ3v) is 1.90. The standard InChI is InChI=1S/C9H7BrO4/c10-5-8(11)14-7-3-1-6(2-4-7)9(12)13/h1-4H,5H2,(H,12,13). The topological polar surface area (TPSA) is 63.6 Å². The van der Waals surface area contributed by atoms with E-state index in [-0.39, 0.29) is 10.9 Å². The minimum atomic E-state index is -1.01. The van der Waals surface area contributed by atoms with Gasteiger partial charge in [0.15, 0.2) is 0 Å². The van der Waals surface area contributed by atoms with Crippen LogP contribution in [0.15, 0.2) is 24.3 Å². The van der Waals surface area contributed by atoms with E-state index < -0.39 is 11.9 Å². The van der Waals surface area contributed by atoms with E-state index in [4.69, 9.17) is 9.84 Å². The molecule has 1 N–H and O–H groups in total. The van der Waals surface area contributed by atoms with Crippen LogP contribution in [0.4, 0.5) is 0 Å². The summed E-state index contributed by atoms with van der Waals surface area (Å²) in [5.41, 5.74) is 0.156. The fourth-order valence-corrected chi connectivity index (χ4v) is 0.939. The minimum absolute atomic E-state index is 0.105. The number of carbonyl (C=O) groups excluding carboxylic acids is 1. The Morgan fingerprint density at radius 3 is 2.29 bits per heavy atom. The van der Waals surface area contributed by atoms with Gasteiger partial charge in [-0.2, -0.15) is 0 Å². The Bertz CT molecular complexity index is 344. The molecule has 74 valence electrons. The lowest BCUT2D eigenvalue weighted by atomic mass is 10.2. The van der Waals surface area contributed by atoms with E-state index in [2.05, 4.69) is 15.9 Å². The lowest BCUT2D eigenvalue weighted by Gasteiger charge is -2.01. The molecule has 1 aromatic rings. The summed E-state index contributed by atoms with van der Waals surface area (Å²) in [6, 6.07) is 5.62. The van der Waals surface area contributed by atoms with Gasteiger partial charge in [-0.25, -0.2) is 4.79 Å². The molecule has 14 heavy (non-hydrogen) atoms. The number of hydrogen-bond acceptors (Lipinski definition) is 3. The van der Waals surface area contributed by atoms with Gasteiger partial charge in [-0.05, 0) is 24.3 Å². The van der Waals surface area contributed by atoms with Crippen LogP contribution in [0.5, 0.6) is 5.75 Å². The summed E-state index contributed by atoms with van der Waals surface area (Å²) in [5.74, 6) is -1.10. The first kappa shape index (κ1) is 10.7. The van der Waals surface area contributed by atoms with Crippen LogP contribution >= 0.6 is 15.9 Å². The van der Waals surface area contributed by atoms with Crippen LogP contribution in [0.1, 0.15) is 10.4 Å². The molecule has 0 saturated heterocycles. The smallest absolute Gasteiger partial charge is 0.335 e. The second kappa shape index (κ2) is 4.76. The van der Waals surface area contributed by atoms with E-state index in [1.54, 1.807) is 0 Å². The summed E-state index contributed by atoms with van der Waals surface area (Å²) in [7, 11) is 0. The van der Waals surface area contributed by atoms with Gasteiger partial charge in [0.1, 0.15) is 11.1 Å². The molecule has 0 bridgehead atoms. The molecule has 0 heterocycles. The van der Waals surface area contributed by atoms with Crippen LogP contribution in [0.2, 0.25) is 0 Å². The lowest BCUT2D eigenvalue weighted by molar-refractivity contribution is -0.131. The average molecular weight is 259 g/mol. The number of hydrogen-bond donors (Lipinski definition) is 1. The molecule has 0 aliphatic rings. The highest BCUT2D eigenvalue weighted by molar-refractivity contribution is 9.09. The maximum atomic E-state index is 10.8. The van der Waals surface area contributed by atoms with Crippen LogP contribution in [0.3, 0.4) is 0 Å². The van der Waals surface area contributed by atoms with Gasteiger partial charge in [0.25, 0.3) is 0 Å². The molecule has 0 aliphatic heterocycles. The number of carboxylic acids is 1. The third-order valence-electron chi connectivity index (χ3n) is 1.44. The van der Waals surface area contributed by atoms with Gasteiger partial charge < -0.3 is 9.84 Å². The zero-order valence-electron chi connectivity index (χ0n) is 7.07. The lowest BCUT2D eigenvalue weighted by Crippen LogP contribution is -2.08. The van der Waals surface area contributed by atoms with Gasteiger partial charge in [0.05, 0.1) is 5.56 Å². The summed E-state index contributed by atoms with van der Waals surface area (Å²) in [5, 5.41) is 8.69. The van der Waals surface area contributed by atoms with Crippen molar-refractivity contribution in [1.29, 1.82) is 0 Å². The zero-order valence-corrected chi connectivity index (χ0v) is 8.65. The molecule has 0 spiro atoms. The van der Waals surface area contributed by atoms with Gasteiger partial charge in [-0.1, -0.05) is 15.9 Å². The summed E-state index contributed by atoms with van der Waals surface area (Å²) >= 11 is 2.94. The summed E-state index contributed by atoms with van der Waals surface area (Å²) < 4.78 is 4.82. The van der Waals surface area contributed by atoms with Gasteiger partial charge in [-0.15, -0.1) is 0 Å². The SMILES string of the molecule is O=C(CBr)Oc1ccc(C(=O)O)cc1. The minimum Gasteiger partial charge on any atom is -0.478 e. The molecule has 0 aliphatic carbocycles. The molecular formula is C9H7BrO4. The second-order valence-corrected chi connectivity index (χ2v) is 3.00. The third kappa shape index (κ3) is 2.85. The molecule has 0 aromatic heterocycles. The van der Waals surface area contributed by atoms with Gasteiger partial charge >= 0.3 is 11.9 Å². The first-order valence-corrected chi connectivity index (χ1v) is 4.85. The molecule has 4 nitrogen and oxygen atoms in total. The van der Waals surface area contributed by atoms with Crippen LogP contribution < -0.4 is 4.74 Å². The average Bonchev–Trinajstić information content (AvgIpc) is 2.18. The molecular weight excluding hydrogens is 252 g/mol. The van der Waals surface area contributed by atoms with Crippen molar-refractivity contribution < 1.29 is 19.4 Å². The van der Waals surface area contributed by atoms with Gasteiger partial charge in [0, 0.05) is 0 Å². The van der Waals surface area contributed by atoms with Crippen molar-refractivity contribution in [2.45, 2.75) is 0 Å². The van der Waals surface area contributed by atoms with Crippen LogP contribution in [-0.2, 0) is 4.79 Å². The number of alkyl halides is 1. The molecule has 0 unspecified atom stereocenters. The number of esters is 1. The predicted octanol–water partition coefficient (Wildman–Crippen LogP) is 1.69. The molecule has 0 amide bonds. The number of ether oxygens (including phenoxy) is 1. The highest BCUT2D eigenvalue weighted by atomic mass is 79.9. The molecule has 0 atom stereocenters. The molecule has 0 saturated carbocycles. The highest BCUT2D eigenvalue weighted by Crippen LogP contribution is 2.12.